The van der Waals surface area contributed by atoms with E-state index in [0.29, 0.717) is 0 Å². The number of thiol groups is 2. The molecule has 0 fully saturated rings. The third kappa shape index (κ3) is 4.90. The Bertz CT molecular complexity index is 180. The number of hydrogen-bond donors (Lipinski definition) is 2. The van der Waals surface area contributed by atoms with Gasteiger partial charge in [-0.1, -0.05) is 0 Å². The molecule has 0 saturated carbocycles. The van der Waals surface area contributed by atoms with Gasteiger partial charge in [0.15, 0.2) is 0 Å². The van der Waals surface area contributed by atoms with Gasteiger partial charge in [0.05, 0.1) is 0 Å². The Morgan fingerprint density at radius 1 is 1.11 bits per heavy atom. The van der Waals surface area contributed by atoms with Crippen LogP contribution in [0.25, 0.3) is 0 Å². The molecule has 0 saturated heterocycles. The molecule has 0 radical (unpaired) electrons. The molecule has 0 rings (SSSR count). The van der Waals surface area contributed by atoms with Crippen LogP contribution in [0.15, 0.2) is 9.81 Å². The van der Waals surface area contributed by atoms with Gasteiger partial charge in [0.1, 0.15) is 21.9 Å². The van der Waals surface area contributed by atoms with Gasteiger partial charge in [-0.3, -0.25) is 0 Å². The van der Waals surface area contributed by atoms with Crippen molar-refractivity contribution in [3.8, 4) is 12.1 Å². The first-order valence-electron chi connectivity index (χ1n) is 1.64. The second kappa shape index (κ2) is 6.54. The van der Waals surface area contributed by atoms with Gasteiger partial charge < -0.3 is 1.43 Å². The maximum atomic E-state index is 8.05. The van der Waals surface area contributed by atoms with Crippen LogP contribution in [0.2, 0.25) is 0 Å². The minimum Gasteiger partial charge on any atom is -1.00 e. The van der Waals surface area contributed by atoms with Crippen molar-refractivity contribution in [3.63, 3.8) is 0 Å². The van der Waals surface area contributed by atoms with E-state index in [4.69, 9.17) is 10.5 Å². The van der Waals surface area contributed by atoms with Gasteiger partial charge in [0.25, 0.3) is 0 Å². The minimum atomic E-state index is 0. The summed E-state index contributed by atoms with van der Waals surface area (Å²) in [5.41, 5.74) is 0. The number of nitrogens with zero attached hydrogens (tertiary/aromatic N) is 2. The van der Waals surface area contributed by atoms with Gasteiger partial charge in [0.2, 0.25) is 0 Å². The monoisotopic (exact) mass is 166 g/mol. The summed E-state index contributed by atoms with van der Waals surface area (Å²) in [5.74, 6) is 0. The van der Waals surface area contributed by atoms with Crippen LogP contribution >= 0.6 is 25.3 Å². The molecule has 0 heterocycles. The molecule has 0 bridgehead atoms. The Kier molecular flexibility index (Phi) is 8.81. The van der Waals surface area contributed by atoms with Crippen LogP contribution in [0.5, 0.6) is 0 Å². The number of nitriles is 2. The van der Waals surface area contributed by atoms with Crippen molar-refractivity contribution < 1.29 is 31.0 Å². The van der Waals surface area contributed by atoms with Gasteiger partial charge in [-0.05, 0) is 0 Å². The maximum Gasteiger partial charge on any atom is 1.00 e. The van der Waals surface area contributed by atoms with Crippen LogP contribution in [-0.2, 0) is 0 Å². The summed E-state index contributed by atoms with van der Waals surface area (Å²) >= 11 is 7.25. The fraction of sp³-hybridized carbons (Fsp3) is 0. The van der Waals surface area contributed by atoms with E-state index in [-0.39, 0.29) is 40.8 Å². The first-order chi connectivity index (χ1) is 3.72. The molecule has 0 spiro atoms. The molecule has 0 aromatic heterocycles. The molecule has 0 aliphatic carbocycles. The molecule has 42 valence electrons. The van der Waals surface area contributed by atoms with Gasteiger partial charge >= 0.3 is 29.6 Å². The molecular formula is C4H3N2NaS2. The quantitative estimate of drug-likeness (QED) is 0.254. The first-order valence-corrected chi connectivity index (χ1v) is 2.54. The molecule has 0 unspecified atom stereocenters. The van der Waals surface area contributed by atoms with Crippen molar-refractivity contribution in [2.45, 2.75) is 0 Å². The van der Waals surface area contributed by atoms with Crippen LogP contribution in [-0.4, -0.2) is 0 Å². The topological polar surface area (TPSA) is 47.6 Å². The van der Waals surface area contributed by atoms with Crippen LogP contribution in [0, 0.1) is 22.7 Å². The summed E-state index contributed by atoms with van der Waals surface area (Å²) in [6, 6.07) is 3.32. The van der Waals surface area contributed by atoms with Crippen molar-refractivity contribution in [2.75, 3.05) is 0 Å². The Morgan fingerprint density at radius 3 is 1.44 bits per heavy atom. The van der Waals surface area contributed by atoms with Crippen molar-refractivity contribution in [3.05, 3.63) is 9.81 Å². The molecule has 0 aliphatic rings. The van der Waals surface area contributed by atoms with E-state index in [1.54, 1.807) is 12.1 Å². The molecule has 0 atom stereocenters. The van der Waals surface area contributed by atoms with Crippen molar-refractivity contribution in [1.82, 2.24) is 0 Å². The number of rotatable bonds is 0. The smallest absolute Gasteiger partial charge is 1.00 e. The van der Waals surface area contributed by atoms with E-state index in [1.807, 2.05) is 0 Å². The molecule has 0 N–H and O–H groups in total. The average Bonchev–Trinajstić information content (AvgIpc) is 1.84. The molecule has 0 aromatic carbocycles. The summed E-state index contributed by atoms with van der Waals surface area (Å²) in [5, 5.41) is 16.1. The first kappa shape index (κ1) is 12.1. The number of hydrogen-bond acceptors (Lipinski definition) is 4. The van der Waals surface area contributed by atoms with Crippen LogP contribution < -0.4 is 29.6 Å². The Balaban J connectivity index is -0.000000245. The van der Waals surface area contributed by atoms with E-state index in [1.165, 1.54) is 0 Å². The molecule has 9 heavy (non-hydrogen) atoms. The van der Waals surface area contributed by atoms with E-state index in [0.717, 1.165) is 0 Å². The zero-order chi connectivity index (χ0) is 6.57. The molecule has 0 aliphatic heterocycles. The van der Waals surface area contributed by atoms with E-state index in [9.17, 15) is 0 Å². The predicted octanol–water partition coefficient (Wildman–Crippen LogP) is -1.78. The average molecular weight is 166 g/mol. The van der Waals surface area contributed by atoms with Crippen LogP contribution in [0.3, 0.4) is 0 Å². The normalized spacial score (nSPS) is 9.78. The zero-order valence-electron chi connectivity index (χ0n) is 5.79. The Labute approximate surface area is 88.1 Å². The van der Waals surface area contributed by atoms with Gasteiger partial charge in [-0.25, -0.2) is 0 Å². The van der Waals surface area contributed by atoms with Crippen LogP contribution in [0.1, 0.15) is 1.43 Å². The SMILES string of the molecule is N#CC(S)=C(S)C#N.[H-].[Na+]. The van der Waals surface area contributed by atoms with Crippen molar-refractivity contribution in [2.24, 2.45) is 0 Å². The van der Waals surface area contributed by atoms with E-state index < -0.39 is 0 Å². The summed E-state index contributed by atoms with van der Waals surface area (Å²) < 4.78 is 0. The largest absolute Gasteiger partial charge is 1.00 e. The van der Waals surface area contributed by atoms with Crippen LogP contribution in [0.4, 0.5) is 0 Å². The molecule has 2 nitrogen and oxygen atoms in total. The third-order valence-corrected chi connectivity index (χ3v) is 1.26. The molecule has 0 amide bonds. The summed E-state index contributed by atoms with van der Waals surface area (Å²) in [6.07, 6.45) is 0. The minimum absolute atomic E-state index is 0. The second-order valence-corrected chi connectivity index (χ2v) is 1.82. The Morgan fingerprint density at radius 2 is 1.33 bits per heavy atom. The molecule has 0 aromatic rings. The van der Waals surface area contributed by atoms with Gasteiger partial charge in [-0.2, -0.15) is 10.5 Å². The van der Waals surface area contributed by atoms with E-state index in [2.05, 4.69) is 25.3 Å². The van der Waals surface area contributed by atoms with Crippen molar-refractivity contribution >= 4 is 25.3 Å². The summed E-state index contributed by atoms with van der Waals surface area (Å²) in [6.45, 7) is 0. The summed E-state index contributed by atoms with van der Waals surface area (Å²) in [4.78, 5) is 0.103. The van der Waals surface area contributed by atoms with Gasteiger partial charge in [0, 0.05) is 0 Å². The standard InChI is InChI=1S/C4H2N2S2.Na.H/c5-1-3(7)4(8)2-6;;/h7-8H;;/q;+1;-1. The summed E-state index contributed by atoms with van der Waals surface area (Å²) in [7, 11) is 0. The molecule has 5 heteroatoms. The maximum absolute atomic E-state index is 8.05. The molecular weight excluding hydrogens is 163 g/mol. The zero-order valence-corrected chi connectivity index (χ0v) is 8.58. The number of allylic oxidation sites excluding steroid dienone is 2. The fourth-order valence-corrected chi connectivity index (χ4v) is 0.206. The Hall–Kier alpha value is 0.420. The predicted molar refractivity (Wildman–Crippen MR) is 37.3 cm³/mol. The fourth-order valence-electron chi connectivity index (χ4n) is 0.106. The van der Waals surface area contributed by atoms with Crippen molar-refractivity contribution in [1.29, 1.82) is 10.5 Å². The van der Waals surface area contributed by atoms with Gasteiger partial charge in [-0.15, -0.1) is 25.3 Å². The third-order valence-electron chi connectivity index (χ3n) is 0.436. The van der Waals surface area contributed by atoms with E-state index >= 15 is 0 Å². The second-order valence-electron chi connectivity index (χ2n) is 0.921.